The van der Waals surface area contributed by atoms with Crippen molar-refractivity contribution < 1.29 is 33.5 Å². The third kappa shape index (κ3) is 14.0. The lowest BCUT2D eigenvalue weighted by Crippen LogP contribution is -2.49. The number of carbonyl (C=O) groups is 2. The van der Waals surface area contributed by atoms with Crippen LogP contribution in [0.25, 0.3) is 0 Å². The van der Waals surface area contributed by atoms with Crippen LogP contribution in [0.15, 0.2) is 24.3 Å². The minimum atomic E-state index is -1.85. The molecular formula is C30H50BFN4O6. The number of nitriles is 1. The predicted octanol–water partition coefficient (Wildman–Crippen LogP) is 3.55. The summed E-state index contributed by atoms with van der Waals surface area (Å²) in [6.45, 7) is 16.3. The molecule has 0 bridgehead atoms. The molecule has 0 saturated carbocycles. The fourth-order valence-corrected chi connectivity index (χ4v) is 4.67. The maximum atomic E-state index is 13.0. The summed E-state index contributed by atoms with van der Waals surface area (Å²) in [5.74, 6) is -2.58. The molecular weight excluding hydrogens is 542 g/mol. The number of hydrogen-bond acceptors (Lipinski definition) is 8. The van der Waals surface area contributed by atoms with Crippen LogP contribution in [-0.2, 0) is 20.7 Å². The second-order valence-electron chi connectivity index (χ2n) is 11.5. The van der Waals surface area contributed by atoms with Crippen LogP contribution in [0.4, 0.5) is 9.18 Å². The van der Waals surface area contributed by atoms with Crippen molar-refractivity contribution in [3.63, 3.8) is 0 Å². The predicted molar refractivity (Wildman–Crippen MR) is 161 cm³/mol. The van der Waals surface area contributed by atoms with Gasteiger partial charge in [-0.3, -0.25) is 9.69 Å². The van der Waals surface area contributed by atoms with Gasteiger partial charge in [0.15, 0.2) is 0 Å². The summed E-state index contributed by atoms with van der Waals surface area (Å²) in [5, 5.41) is 30.7. The topological polar surface area (TPSA) is 135 Å². The molecule has 0 aliphatic carbocycles. The van der Waals surface area contributed by atoms with E-state index in [1.54, 1.807) is 11.8 Å². The minimum Gasteiger partial charge on any atom is -0.448 e. The molecule has 1 aromatic rings. The van der Waals surface area contributed by atoms with Crippen molar-refractivity contribution in [1.82, 2.24) is 15.1 Å². The van der Waals surface area contributed by atoms with Crippen LogP contribution in [0.5, 0.6) is 0 Å². The number of ether oxygens (including phenoxy) is 2. The van der Waals surface area contributed by atoms with Gasteiger partial charge in [-0.25, -0.2) is 9.18 Å². The molecule has 1 aliphatic rings. The molecule has 2 unspecified atom stereocenters. The molecule has 2 amide bonds. The molecule has 1 saturated heterocycles. The summed E-state index contributed by atoms with van der Waals surface area (Å²) < 4.78 is 23.5. The second-order valence-corrected chi connectivity index (χ2v) is 11.5. The summed E-state index contributed by atoms with van der Waals surface area (Å²) in [4.78, 5) is 28.9. The first-order valence-electron chi connectivity index (χ1n) is 14.9. The lowest BCUT2D eigenvalue weighted by atomic mass is 9.76. The molecule has 12 heteroatoms. The first-order valence-corrected chi connectivity index (χ1v) is 14.9. The van der Waals surface area contributed by atoms with Crippen molar-refractivity contribution in [2.75, 3.05) is 39.5 Å². The Balaban J connectivity index is 0.000000738. The van der Waals surface area contributed by atoms with Crippen LogP contribution in [0.2, 0.25) is 0 Å². The van der Waals surface area contributed by atoms with Crippen molar-refractivity contribution in [2.45, 2.75) is 91.2 Å². The average Bonchev–Trinajstić information content (AvgIpc) is 2.95. The number of carbonyl (C=O) groups excluding carboxylic acids is 2. The molecule has 1 aliphatic heterocycles. The number of nitrogens with zero attached hydrogens (tertiary/aromatic N) is 3. The first-order chi connectivity index (χ1) is 19.8. The monoisotopic (exact) mass is 592 g/mol. The lowest BCUT2D eigenvalue weighted by molar-refractivity contribution is -0.136. The minimum absolute atomic E-state index is 0.0505. The van der Waals surface area contributed by atoms with E-state index in [0.717, 1.165) is 52.0 Å². The summed E-state index contributed by atoms with van der Waals surface area (Å²) in [6.07, 6.45) is 2.49. The standard InChI is InChI=1S/C22H33BFN3O5.C8H17NO/c1-4-6-19(7-5-2)27(21(28)16(3)15-25)12-13-32-22(29)26-20(23(30)31)14-17-8-10-18(24)11-9-17;1-8(2,3)9-4-6-10-7-5-9/h8-11,16,19-20,30-31H,4-7,12-14H2,1-3H3,(H,26,29);4-7H2,1-3H3. The molecule has 1 aromatic carbocycles. The quantitative estimate of drug-likeness (QED) is 0.296. The summed E-state index contributed by atoms with van der Waals surface area (Å²) >= 11 is 0. The second kappa shape index (κ2) is 19.5. The summed E-state index contributed by atoms with van der Waals surface area (Å²) in [5.41, 5.74) is 0.929. The SMILES string of the molecule is CC(C)(C)N1CCOCC1.CCCC(CCC)N(CCOC(=O)NC(Cc1ccc(F)cc1)B(O)O)C(=O)C(C)C#N. The Morgan fingerprint density at radius 2 is 1.74 bits per heavy atom. The van der Waals surface area contributed by atoms with Gasteiger partial charge < -0.3 is 29.7 Å². The van der Waals surface area contributed by atoms with Gasteiger partial charge in [-0.05, 0) is 64.7 Å². The van der Waals surface area contributed by atoms with Crippen LogP contribution < -0.4 is 5.32 Å². The Labute approximate surface area is 251 Å². The molecule has 3 N–H and O–H groups in total. The zero-order chi connectivity index (χ0) is 31.7. The van der Waals surface area contributed by atoms with E-state index in [1.807, 2.05) is 19.9 Å². The molecule has 0 spiro atoms. The van der Waals surface area contributed by atoms with E-state index in [1.165, 1.54) is 24.3 Å². The van der Waals surface area contributed by atoms with Crippen molar-refractivity contribution >= 4 is 19.1 Å². The van der Waals surface area contributed by atoms with Crippen molar-refractivity contribution in [1.29, 1.82) is 5.26 Å². The third-order valence-corrected chi connectivity index (χ3v) is 7.09. The molecule has 2 rings (SSSR count). The number of hydrogen-bond donors (Lipinski definition) is 3. The van der Waals surface area contributed by atoms with Crippen molar-refractivity contribution in [3.05, 3.63) is 35.6 Å². The van der Waals surface area contributed by atoms with Gasteiger partial charge >= 0.3 is 13.2 Å². The molecule has 42 heavy (non-hydrogen) atoms. The number of nitrogens with one attached hydrogen (secondary N) is 1. The van der Waals surface area contributed by atoms with E-state index in [0.29, 0.717) is 11.1 Å². The fraction of sp³-hybridized carbons (Fsp3) is 0.700. The van der Waals surface area contributed by atoms with Crippen LogP contribution in [0.1, 0.15) is 72.8 Å². The van der Waals surface area contributed by atoms with Crippen LogP contribution in [0, 0.1) is 23.1 Å². The average molecular weight is 593 g/mol. The number of halogens is 1. The van der Waals surface area contributed by atoms with Crippen LogP contribution in [-0.4, -0.2) is 95.9 Å². The molecule has 1 heterocycles. The maximum Gasteiger partial charge on any atom is 0.475 e. The number of morpholine rings is 1. The Morgan fingerprint density at radius 1 is 1.17 bits per heavy atom. The zero-order valence-electron chi connectivity index (χ0n) is 26.1. The number of rotatable bonds is 13. The van der Waals surface area contributed by atoms with Gasteiger partial charge in [-0.15, -0.1) is 0 Å². The van der Waals surface area contributed by atoms with E-state index < -0.39 is 30.9 Å². The largest absolute Gasteiger partial charge is 0.475 e. The smallest absolute Gasteiger partial charge is 0.448 e. The highest BCUT2D eigenvalue weighted by molar-refractivity contribution is 6.43. The van der Waals surface area contributed by atoms with Gasteiger partial charge in [0, 0.05) is 24.7 Å². The van der Waals surface area contributed by atoms with Gasteiger partial charge in [-0.2, -0.15) is 5.26 Å². The molecule has 1 fully saturated rings. The number of alkyl carbamates (subject to hydrolysis) is 1. The van der Waals surface area contributed by atoms with Gasteiger partial charge in [-0.1, -0.05) is 38.8 Å². The van der Waals surface area contributed by atoms with Crippen LogP contribution in [0.3, 0.4) is 0 Å². The molecule has 10 nitrogen and oxygen atoms in total. The summed E-state index contributed by atoms with van der Waals surface area (Å²) in [7, 11) is -1.85. The van der Waals surface area contributed by atoms with Gasteiger partial charge in [0.1, 0.15) is 18.3 Å². The Morgan fingerprint density at radius 3 is 2.19 bits per heavy atom. The fourth-order valence-electron chi connectivity index (χ4n) is 4.67. The number of amides is 2. The molecule has 2 atom stereocenters. The first kappa shape index (κ1) is 37.3. The highest BCUT2D eigenvalue weighted by Gasteiger charge is 2.29. The Kier molecular flexibility index (Phi) is 17.3. The Bertz CT molecular complexity index is 958. The molecule has 236 valence electrons. The van der Waals surface area contributed by atoms with Crippen molar-refractivity contribution in [3.8, 4) is 6.07 Å². The van der Waals surface area contributed by atoms with Gasteiger partial charge in [0.05, 0.1) is 31.8 Å². The van der Waals surface area contributed by atoms with E-state index in [-0.39, 0.29) is 31.5 Å². The third-order valence-electron chi connectivity index (χ3n) is 7.09. The number of benzene rings is 1. The van der Waals surface area contributed by atoms with Crippen LogP contribution >= 0.6 is 0 Å². The molecule has 0 aromatic heterocycles. The van der Waals surface area contributed by atoms with Gasteiger partial charge in [0.2, 0.25) is 5.91 Å². The van der Waals surface area contributed by atoms with E-state index in [9.17, 15) is 24.0 Å². The zero-order valence-corrected chi connectivity index (χ0v) is 26.1. The van der Waals surface area contributed by atoms with Crippen molar-refractivity contribution in [2.24, 2.45) is 5.92 Å². The van der Waals surface area contributed by atoms with E-state index in [4.69, 9.17) is 14.7 Å². The lowest BCUT2D eigenvalue weighted by Gasteiger charge is -2.38. The highest BCUT2D eigenvalue weighted by Crippen LogP contribution is 2.17. The van der Waals surface area contributed by atoms with Gasteiger partial charge in [0.25, 0.3) is 0 Å². The maximum absolute atomic E-state index is 13.0. The highest BCUT2D eigenvalue weighted by atomic mass is 19.1. The summed E-state index contributed by atoms with van der Waals surface area (Å²) in [6, 6.07) is 7.36. The normalized spacial score (nSPS) is 15.1. The van der Waals surface area contributed by atoms with E-state index in [2.05, 4.69) is 31.0 Å². The Hall–Kier alpha value is -2.72. The van der Waals surface area contributed by atoms with E-state index >= 15 is 0 Å². The molecule has 0 radical (unpaired) electrons.